The average molecular weight is 303 g/mol. The van der Waals surface area contributed by atoms with Gasteiger partial charge in [0.05, 0.1) is 13.2 Å². The largest absolute Gasteiger partial charge is 0.379 e. The van der Waals surface area contributed by atoms with E-state index in [-0.39, 0.29) is 5.91 Å². The lowest BCUT2D eigenvalue weighted by Crippen LogP contribution is -2.46. The highest BCUT2D eigenvalue weighted by Crippen LogP contribution is 2.22. The van der Waals surface area contributed by atoms with E-state index in [9.17, 15) is 4.79 Å². The van der Waals surface area contributed by atoms with E-state index in [1.807, 2.05) is 23.1 Å². The van der Waals surface area contributed by atoms with Gasteiger partial charge in [-0.15, -0.1) is 0 Å². The maximum absolute atomic E-state index is 12.7. The van der Waals surface area contributed by atoms with Crippen LogP contribution in [0.4, 0.5) is 0 Å². The SMILES string of the molecule is O=C(c1ccccn1)N1CCCCC1CCN1CCOCC1. The van der Waals surface area contributed by atoms with Crippen molar-refractivity contribution in [1.29, 1.82) is 0 Å². The minimum absolute atomic E-state index is 0.0901. The number of aromatic nitrogens is 1. The van der Waals surface area contributed by atoms with Gasteiger partial charge in [0.15, 0.2) is 0 Å². The highest BCUT2D eigenvalue weighted by atomic mass is 16.5. The molecule has 2 aliphatic heterocycles. The summed E-state index contributed by atoms with van der Waals surface area (Å²) in [4.78, 5) is 21.4. The smallest absolute Gasteiger partial charge is 0.272 e. The van der Waals surface area contributed by atoms with Crippen LogP contribution in [0.1, 0.15) is 36.2 Å². The van der Waals surface area contributed by atoms with Crippen molar-refractivity contribution in [2.24, 2.45) is 0 Å². The van der Waals surface area contributed by atoms with E-state index in [0.29, 0.717) is 11.7 Å². The Morgan fingerprint density at radius 3 is 2.86 bits per heavy atom. The topological polar surface area (TPSA) is 45.7 Å². The molecule has 5 nitrogen and oxygen atoms in total. The van der Waals surface area contributed by atoms with Crippen molar-refractivity contribution in [1.82, 2.24) is 14.8 Å². The van der Waals surface area contributed by atoms with Crippen LogP contribution in [-0.2, 0) is 4.74 Å². The molecular weight excluding hydrogens is 278 g/mol. The number of hydrogen-bond donors (Lipinski definition) is 0. The predicted molar refractivity (Wildman–Crippen MR) is 84.8 cm³/mol. The zero-order valence-corrected chi connectivity index (χ0v) is 13.1. The molecule has 1 amide bonds. The fraction of sp³-hybridized carbons (Fsp3) is 0.647. The Morgan fingerprint density at radius 1 is 1.23 bits per heavy atom. The van der Waals surface area contributed by atoms with Gasteiger partial charge in [-0.3, -0.25) is 14.7 Å². The molecule has 2 aliphatic rings. The molecule has 1 atom stereocenters. The first-order chi connectivity index (χ1) is 10.8. The normalized spacial score (nSPS) is 23.5. The zero-order chi connectivity index (χ0) is 15.2. The van der Waals surface area contributed by atoms with Gasteiger partial charge in [-0.05, 0) is 37.8 Å². The summed E-state index contributed by atoms with van der Waals surface area (Å²) in [7, 11) is 0. The third kappa shape index (κ3) is 3.84. The highest BCUT2D eigenvalue weighted by molar-refractivity contribution is 5.92. The number of pyridine rings is 1. The number of likely N-dealkylation sites (tertiary alicyclic amines) is 1. The van der Waals surface area contributed by atoms with Crippen LogP contribution in [0.5, 0.6) is 0 Å². The Morgan fingerprint density at radius 2 is 2.09 bits per heavy atom. The third-order valence-corrected chi connectivity index (χ3v) is 4.65. The Bertz CT molecular complexity index is 474. The molecule has 1 aromatic rings. The molecule has 3 heterocycles. The molecule has 2 fully saturated rings. The van der Waals surface area contributed by atoms with Crippen LogP contribution < -0.4 is 0 Å². The van der Waals surface area contributed by atoms with Gasteiger partial charge in [-0.25, -0.2) is 0 Å². The Hall–Kier alpha value is -1.46. The quantitative estimate of drug-likeness (QED) is 0.851. The molecule has 0 saturated carbocycles. The van der Waals surface area contributed by atoms with E-state index >= 15 is 0 Å². The molecule has 0 bridgehead atoms. The third-order valence-electron chi connectivity index (χ3n) is 4.65. The second-order valence-corrected chi connectivity index (χ2v) is 6.11. The predicted octanol–water partition coefficient (Wildman–Crippen LogP) is 1.80. The lowest BCUT2D eigenvalue weighted by molar-refractivity contribution is 0.0295. The van der Waals surface area contributed by atoms with E-state index in [0.717, 1.165) is 58.7 Å². The molecule has 3 rings (SSSR count). The standard InChI is InChI=1S/C17H25N3O2/c21-17(16-6-1-3-8-18-16)20-9-4-2-5-15(20)7-10-19-11-13-22-14-12-19/h1,3,6,8,15H,2,4-5,7,9-14H2. The van der Waals surface area contributed by atoms with E-state index < -0.39 is 0 Å². The lowest BCUT2D eigenvalue weighted by Gasteiger charge is -2.37. The number of carbonyl (C=O) groups excluding carboxylic acids is 1. The summed E-state index contributed by atoms with van der Waals surface area (Å²) < 4.78 is 5.39. The van der Waals surface area contributed by atoms with Crippen LogP contribution in [0.3, 0.4) is 0 Å². The van der Waals surface area contributed by atoms with Crippen molar-refractivity contribution in [3.63, 3.8) is 0 Å². The minimum Gasteiger partial charge on any atom is -0.379 e. The Labute approximate surface area is 132 Å². The van der Waals surface area contributed by atoms with Crippen molar-refractivity contribution in [3.05, 3.63) is 30.1 Å². The maximum Gasteiger partial charge on any atom is 0.272 e. The van der Waals surface area contributed by atoms with Gasteiger partial charge in [0.1, 0.15) is 5.69 Å². The van der Waals surface area contributed by atoms with E-state index in [4.69, 9.17) is 4.74 Å². The van der Waals surface area contributed by atoms with Gasteiger partial charge in [-0.2, -0.15) is 0 Å². The van der Waals surface area contributed by atoms with Crippen LogP contribution in [0, 0.1) is 0 Å². The molecule has 1 unspecified atom stereocenters. The second-order valence-electron chi connectivity index (χ2n) is 6.11. The van der Waals surface area contributed by atoms with Gasteiger partial charge in [0.2, 0.25) is 0 Å². The fourth-order valence-electron chi connectivity index (χ4n) is 3.36. The number of nitrogens with zero attached hydrogens (tertiary/aromatic N) is 3. The number of amides is 1. The second kappa shape index (κ2) is 7.70. The van der Waals surface area contributed by atoms with Crippen molar-refractivity contribution in [2.75, 3.05) is 39.4 Å². The zero-order valence-electron chi connectivity index (χ0n) is 13.1. The number of hydrogen-bond acceptors (Lipinski definition) is 4. The molecule has 0 aromatic carbocycles. The van der Waals surface area contributed by atoms with Gasteiger partial charge in [0, 0.05) is 38.4 Å². The van der Waals surface area contributed by atoms with Crippen LogP contribution >= 0.6 is 0 Å². The number of carbonyl (C=O) groups is 1. The van der Waals surface area contributed by atoms with Crippen molar-refractivity contribution >= 4 is 5.91 Å². The number of morpholine rings is 1. The summed E-state index contributed by atoms with van der Waals surface area (Å²) in [6.45, 7) is 5.62. The summed E-state index contributed by atoms with van der Waals surface area (Å²) in [5.41, 5.74) is 0.570. The van der Waals surface area contributed by atoms with Crippen LogP contribution in [0.25, 0.3) is 0 Å². The van der Waals surface area contributed by atoms with Crippen molar-refractivity contribution < 1.29 is 9.53 Å². The minimum atomic E-state index is 0.0901. The number of ether oxygens (including phenoxy) is 1. The van der Waals surface area contributed by atoms with Crippen LogP contribution in [0.15, 0.2) is 24.4 Å². The van der Waals surface area contributed by atoms with E-state index in [1.165, 1.54) is 6.42 Å². The molecule has 0 spiro atoms. The van der Waals surface area contributed by atoms with E-state index in [1.54, 1.807) is 6.20 Å². The molecule has 1 aromatic heterocycles. The highest BCUT2D eigenvalue weighted by Gasteiger charge is 2.28. The first-order valence-electron chi connectivity index (χ1n) is 8.37. The molecule has 0 radical (unpaired) electrons. The lowest BCUT2D eigenvalue weighted by atomic mass is 9.98. The monoisotopic (exact) mass is 303 g/mol. The molecule has 5 heteroatoms. The van der Waals surface area contributed by atoms with Gasteiger partial charge in [0.25, 0.3) is 5.91 Å². The summed E-state index contributed by atoms with van der Waals surface area (Å²) in [6, 6.07) is 5.90. The molecule has 2 saturated heterocycles. The van der Waals surface area contributed by atoms with Gasteiger partial charge in [-0.1, -0.05) is 6.07 Å². The Kier molecular flexibility index (Phi) is 5.40. The summed E-state index contributed by atoms with van der Waals surface area (Å²) >= 11 is 0. The number of rotatable bonds is 4. The first-order valence-corrected chi connectivity index (χ1v) is 8.37. The van der Waals surface area contributed by atoms with Gasteiger partial charge < -0.3 is 9.64 Å². The molecule has 0 aliphatic carbocycles. The maximum atomic E-state index is 12.7. The summed E-state index contributed by atoms with van der Waals surface area (Å²) in [5.74, 6) is 0.0901. The first kappa shape index (κ1) is 15.4. The molecule has 22 heavy (non-hydrogen) atoms. The van der Waals surface area contributed by atoms with Crippen LogP contribution in [-0.4, -0.2) is 66.1 Å². The summed E-state index contributed by atoms with van der Waals surface area (Å²) in [5, 5.41) is 0. The van der Waals surface area contributed by atoms with Crippen molar-refractivity contribution in [3.8, 4) is 0 Å². The Balaban J connectivity index is 1.59. The average Bonchev–Trinajstić information content (AvgIpc) is 2.61. The van der Waals surface area contributed by atoms with Crippen LogP contribution in [0.2, 0.25) is 0 Å². The molecule has 120 valence electrons. The fourth-order valence-corrected chi connectivity index (χ4v) is 3.36. The number of piperidine rings is 1. The van der Waals surface area contributed by atoms with Gasteiger partial charge >= 0.3 is 0 Å². The van der Waals surface area contributed by atoms with E-state index in [2.05, 4.69) is 9.88 Å². The van der Waals surface area contributed by atoms with Crippen molar-refractivity contribution in [2.45, 2.75) is 31.7 Å². The molecular formula is C17H25N3O2. The molecule has 0 N–H and O–H groups in total. The summed E-state index contributed by atoms with van der Waals surface area (Å²) in [6.07, 6.45) is 6.19.